The Bertz CT molecular complexity index is 828. The van der Waals surface area contributed by atoms with Crippen molar-refractivity contribution in [1.82, 2.24) is 14.9 Å². The third-order valence-electron chi connectivity index (χ3n) is 2.92. The van der Waals surface area contributed by atoms with E-state index in [1.54, 1.807) is 31.2 Å². The molecule has 0 aliphatic carbocycles. The van der Waals surface area contributed by atoms with Crippen molar-refractivity contribution >= 4 is 17.4 Å². The minimum absolute atomic E-state index is 0.00699. The number of nitrogen functional groups attached to an aromatic ring is 1. The molecule has 0 bridgehead atoms. The van der Waals surface area contributed by atoms with E-state index in [0.717, 1.165) is 17.3 Å². The fourth-order valence-electron chi connectivity index (χ4n) is 1.88. The molecule has 0 amide bonds. The zero-order valence-electron chi connectivity index (χ0n) is 11.5. The summed E-state index contributed by atoms with van der Waals surface area (Å²) in [5, 5.41) is 19.4. The fraction of sp³-hybridized carbons (Fsp3) is 0.0769. The number of hydrogen-bond donors (Lipinski definition) is 1. The van der Waals surface area contributed by atoms with Gasteiger partial charge in [-0.3, -0.25) is 10.1 Å². The van der Waals surface area contributed by atoms with Gasteiger partial charge in [0.15, 0.2) is 5.76 Å². The Labute approximate surface area is 129 Å². The lowest BCUT2D eigenvalue weighted by Gasteiger charge is -2.04. The predicted octanol–water partition coefficient (Wildman–Crippen LogP) is 2.62. The van der Waals surface area contributed by atoms with E-state index in [2.05, 4.69) is 10.2 Å². The predicted molar refractivity (Wildman–Crippen MR) is 79.8 cm³/mol. The molecule has 0 unspecified atom stereocenters. The number of nitro benzene ring substituents is 1. The Morgan fingerprint density at radius 1 is 1.36 bits per heavy atom. The van der Waals surface area contributed by atoms with Gasteiger partial charge in [-0.25, -0.2) is 4.68 Å². The summed E-state index contributed by atoms with van der Waals surface area (Å²) in [7, 11) is 0. The standard InChI is InChI=1S/C13H11N5O3S/c1-8-4-5-11(9(7-8)18(19)20)22-13-16-15-12(17(13)14)10-3-2-6-21-10/h2-7H,14H2,1H3. The van der Waals surface area contributed by atoms with Crippen molar-refractivity contribution < 1.29 is 9.34 Å². The molecule has 3 rings (SSSR count). The summed E-state index contributed by atoms with van der Waals surface area (Å²) in [6.45, 7) is 1.79. The summed E-state index contributed by atoms with van der Waals surface area (Å²) in [5.41, 5.74) is 0.814. The van der Waals surface area contributed by atoms with Gasteiger partial charge in [0, 0.05) is 6.07 Å². The molecule has 2 N–H and O–H groups in total. The van der Waals surface area contributed by atoms with Gasteiger partial charge in [-0.15, -0.1) is 10.2 Å². The Kier molecular flexibility index (Phi) is 3.55. The third kappa shape index (κ3) is 2.53. The van der Waals surface area contributed by atoms with Crippen LogP contribution in [0.25, 0.3) is 11.6 Å². The van der Waals surface area contributed by atoms with E-state index in [0.29, 0.717) is 21.6 Å². The molecule has 0 radical (unpaired) electrons. The number of aromatic nitrogens is 3. The number of nitro groups is 1. The van der Waals surface area contributed by atoms with Gasteiger partial charge in [0.05, 0.1) is 16.1 Å². The van der Waals surface area contributed by atoms with Crippen LogP contribution in [-0.4, -0.2) is 19.8 Å². The summed E-state index contributed by atoms with van der Waals surface area (Å²) in [5.74, 6) is 6.76. The van der Waals surface area contributed by atoms with Crippen LogP contribution in [0.5, 0.6) is 0 Å². The maximum absolute atomic E-state index is 11.1. The first-order valence-electron chi connectivity index (χ1n) is 6.23. The lowest BCUT2D eigenvalue weighted by atomic mass is 10.2. The molecule has 0 spiro atoms. The first-order chi connectivity index (χ1) is 10.6. The molecule has 0 atom stereocenters. The Balaban J connectivity index is 1.96. The molecule has 8 nitrogen and oxygen atoms in total. The summed E-state index contributed by atoms with van der Waals surface area (Å²) in [6.07, 6.45) is 1.50. The van der Waals surface area contributed by atoms with Crippen LogP contribution in [0.2, 0.25) is 0 Å². The lowest BCUT2D eigenvalue weighted by Crippen LogP contribution is -2.11. The molecule has 2 aromatic heterocycles. The van der Waals surface area contributed by atoms with Crippen LogP contribution in [0.3, 0.4) is 0 Å². The van der Waals surface area contributed by atoms with E-state index in [1.165, 1.54) is 17.0 Å². The van der Waals surface area contributed by atoms with Crippen LogP contribution < -0.4 is 5.84 Å². The number of nitrogens with zero attached hydrogens (tertiary/aromatic N) is 4. The zero-order chi connectivity index (χ0) is 15.7. The first kappa shape index (κ1) is 14.1. The van der Waals surface area contributed by atoms with E-state index in [-0.39, 0.29) is 5.69 Å². The molecule has 0 aliphatic rings. The number of aryl methyl sites for hydroxylation is 1. The van der Waals surface area contributed by atoms with Gasteiger partial charge in [-0.05, 0) is 42.4 Å². The highest BCUT2D eigenvalue weighted by molar-refractivity contribution is 7.99. The number of rotatable bonds is 4. The average Bonchev–Trinajstić information content (AvgIpc) is 3.11. The molecule has 112 valence electrons. The van der Waals surface area contributed by atoms with Crippen molar-refractivity contribution in [2.75, 3.05) is 5.84 Å². The van der Waals surface area contributed by atoms with E-state index in [1.807, 2.05) is 0 Å². The van der Waals surface area contributed by atoms with Crippen molar-refractivity contribution in [3.05, 3.63) is 52.3 Å². The number of nitrogens with two attached hydrogens (primary N) is 1. The van der Waals surface area contributed by atoms with E-state index in [4.69, 9.17) is 10.3 Å². The van der Waals surface area contributed by atoms with Crippen LogP contribution in [0.1, 0.15) is 5.56 Å². The van der Waals surface area contributed by atoms with Crippen molar-refractivity contribution in [2.45, 2.75) is 17.0 Å². The topological polar surface area (TPSA) is 113 Å². The quantitative estimate of drug-likeness (QED) is 0.447. The van der Waals surface area contributed by atoms with Crippen LogP contribution >= 0.6 is 11.8 Å². The van der Waals surface area contributed by atoms with Crippen molar-refractivity contribution in [1.29, 1.82) is 0 Å². The number of hydrogen-bond acceptors (Lipinski definition) is 7. The van der Waals surface area contributed by atoms with E-state index >= 15 is 0 Å². The monoisotopic (exact) mass is 317 g/mol. The third-order valence-corrected chi connectivity index (χ3v) is 3.94. The SMILES string of the molecule is Cc1ccc(Sc2nnc(-c3ccco3)n2N)c([N+](=O)[O-])c1. The van der Waals surface area contributed by atoms with E-state index < -0.39 is 4.92 Å². The largest absolute Gasteiger partial charge is 0.461 e. The lowest BCUT2D eigenvalue weighted by molar-refractivity contribution is -0.387. The summed E-state index contributed by atoms with van der Waals surface area (Å²) in [4.78, 5) is 11.2. The van der Waals surface area contributed by atoms with Gasteiger partial charge in [-0.2, -0.15) is 0 Å². The Morgan fingerprint density at radius 2 is 2.18 bits per heavy atom. The molecule has 0 aliphatic heterocycles. The summed E-state index contributed by atoms with van der Waals surface area (Å²) >= 11 is 1.08. The second-order valence-corrected chi connectivity index (χ2v) is 5.49. The second kappa shape index (κ2) is 5.53. The number of benzene rings is 1. The molecule has 2 heterocycles. The minimum atomic E-state index is -0.431. The Morgan fingerprint density at radius 3 is 2.86 bits per heavy atom. The van der Waals surface area contributed by atoms with Crippen LogP contribution in [0.4, 0.5) is 5.69 Å². The summed E-state index contributed by atoms with van der Waals surface area (Å²) in [6, 6.07) is 8.38. The molecule has 1 aromatic carbocycles. The van der Waals surface area contributed by atoms with Crippen molar-refractivity contribution in [3.63, 3.8) is 0 Å². The highest BCUT2D eigenvalue weighted by Gasteiger charge is 2.20. The van der Waals surface area contributed by atoms with E-state index in [9.17, 15) is 10.1 Å². The van der Waals surface area contributed by atoms with Crippen LogP contribution in [0.15, 0.2) is 51.1 Å². The molecule has 9 heteroatoms. The van der Waals surface area contributed by atoms with Gasteiger partial charge >= 0.3 is 0 Å². The fourth-order valence-corrected chi connectivity index (χ4v) is 2.71. The summed E-state index contributed by atoms with van der Waals surface area (Å²) < 4.78 is 6.46. The first-order valence-corrected chi connectivity index (χ1v) is 7.05. The highest BCUT2D eigenvalue weighted by Crippen LogP contribution is 2.35. The molecule has 0 saturated carbocycles. The number of furan rings is 1. The van der Waals surface area contributed by atoms with Crippen LogP contribution in [0, 0.1) is 17.0 Å². The molecule has 3 aromatic rings. The van der Waals surface area contributed by atoms with Gasteiger partial charge in [-0.1, -0.05) is 6.07 Å². The maximum atomic E-state index is 11.1. The molecular formula is C13H11N5O3S. The van der Waals surface area contributed by atoms with Crippen molar-refractivity contribution in [2.24, 2.45) is 0 Å². The van der Waals surface area contributed by atoms with Gasteiger partial charge in [0.2, 0.25) is 11.0 Å². The zero-order valence-corrected chi connectivity index (χ0v) is 12.3. The maximum Gasteiger partial charge on any atom is 0.283 e. The smallest absolute Gasteiger partial charge is 0.283 e. The molecule has 0 fully saturated rings. The highest BCUT2D eigenvalue weighted by atomic mass is 32.2. The van der Waals surface area contributed by atoms with Crippen LogP contribution in [-0.2, 0) is 0 Å². The molecule has 0 saturated heterocycles. The van der Waals surface area contributed by atoms with Gasteiger partial charge in [0.25, 0.3) is 5.69 Å². The normalized spacial score (nSPS) is 10.8. The second-order valence-electron chi connectivity index (χ2n) is 4.48. The van der Waals surface area contributed by atoms with Gasteiger partial charge in [0.1, 0.15) is 0 Å². The van der Waals surface area contributed by atoms with Gasteiger partial charge < -0.3 is 10.3 Å². The minimum Gasteiger partial charge on any atom is -0.461 e. The van der Waals surface area contributed by atoms with Crippen molar-refractivity contribution in [3.8, 4) is 11.6 Å². The Hall–Kier alpha value is -2.81. The molecular weight excluding hydrogens is 306 g/mol. The average molecular weight is 317 g/mol. The molecule has 22 heavy (non-hydrogen) atoms.